The van der Waals surface area contributed by atoms with Crippen molar-refractivity contribution in [1.82, 2.24) is 10.2 Å². The molecule has 2 aliphatic heterocycles. The standard InChI is InChI=1S/C17H25N3O/c1-13(2)14-5-6-16-15(12-14)4-3-8-19(16)10-11-20-9-7-18-17(20)21/h5-6,12-13H,3-4,7-11H2,1-2H3,(H,18,21). The number of hydrogen-bond donors (Lipinski definition) is 1. The lowest BCUT2D eigenvalue weighted by molar-refractivity contribution is 0.218. The molecule has 2 aliphatic rings. The SMILES string of the molecule is CC(C)c1ccc2c(c1)CCCN2CCN1CCNC1=O. The van der Waals surface area contributed by atoms with E-state index in [4.69, 9.17) is 0 Å². The monoisotopic (exact) mass is 287 g/mol. The number of anilines is 1. The van der Waals surface area contributed by atoms with Crippen LogP contribution < -0.4 is 10.2 Å². The molecule has 1 aromatic rings. The van der Waals surface area contributed by atoms with Crippen molar-refractivity contribution >= 4 is 11.7 Å². The van der Waals surface area contributed by atoms with Gasteiger partial charge in [-0.2, -0.15) is 0 Å². The Labute approximate surface area is 127 Å². The lowest BCUT2D eigenvalue weighted by atomic mass is 9.95. The van der Waals surface area contributed by atoms with Crippen molar-refractivity contribution in [3.05, 3.63) is 29.3 Å². The Morgan fingerprint density at radius 2 is 2.00 bits per heavy atom. The summed E-state index contributed by atoms with van der Waals surface area (Å²) in [6.45, 7) is 8.96. The highest BCUT2D eigenvalue weighted by Crippen LogP contribution is 2.30. The molecule has 4 nitrogen and oxygen atoms in total. The molecular weight excluding hydrogens is 262 g/mol. The lowest BCUT2D eigenvalue weighted by Gasteiger charge is -2.33. The van der Waals surface area contributed by atoms with E-state index in [9.17, 15) is 4.79 Å². The van der Waals surface area contributed by atoms with Crippen LogP contribution in [-0.4, -0.2) is 43.7 Å². The van der Waals surface area contributed by atoms with Crippen molar-refractivity contribution in [3.63, 3.8) is 0 Å². The Bertz CT molecular complexity index is 527. The van der Waals surface area contributed by atoms with E-state index in [2.05, 4.69) is 42.3 Å². The molecule has 0 aromatic heterocycles. The molecule has 0 bridgehead atoms. The highest BCUT2D eigenvalue weighted by Gasteiger charge is 2.22. The minimum absolute atomic E-state index is 0.0855. The van der Waals surface area contributed by atoms with Gasteiger partial charge in [0, 0.05) is 38.4 Å². The molecule has 0 aliphatic carbocycles. The molecule has 1 N–H and O–H groups in total. The number of fused-ring (bicyclic) bond motifs is 1. The molecule has 21 heavy (non-hydrogen) atoms. The summed E-state index contributed by atoms with van der Waals surface area (Å²) in [6.07, 6.45) is 2.39. The van der Waals surface area contributed by atoms with Crippen LogP contribution in [0.5, 0.6) is 0 Å². The van der Waals surface area contributed by atoms with Crippen molar-refractivity contribution in [2.24, 2.45) is 0 Å². The largest absolute Gasteiger partial charge is 0.370 e. The first-order chi connectivity index (χ1) is 10.1. The maximum absolute atomic E-state index is 11.6. The van der Waals surface area contributed by atoms with Gasteiger partial charge in [0.1, 0.15) is 0 Å². The number of hydrogen-bond acceptors (Lipinski definition) is 2. The average molecular weight is 287 g/mol. The van der Waals surface area contributed by atoms with Gasteiger partial charge in [-0.05, 0) is 36.0 Å². The van der Waals surface area contributed by atoms with Crippen molar-refractivity contribution in [1.29, 1.82) is 0 Å². The van der Waals surface area contributed by atoms with E-state index in [0.717, 1.165) is 32.7 Å². The van der Waals surface area contributed by atoms with Crippen LogP contribution in [0.3, 0.4) is 0 Å². The smallest absolute Gasteiger partial charge is 0.317 e. The minimum atomic E-state index is 0.0855. The molecule has 4 heteroatoms. The van der Waals surface area contributed by atoms with Crippen LogP contribution in [-0.2, 0) is 6.42 Å². The summed E-state index contributed by atoms with van der Waals surface area (Å²) in [5, 5.41) is 2.86. The van der Waals surface area contributed by atoms with Gasteiger partial charge in [-0.15, -0.1) is 0 Å². The number of nitrogens with one attached hydrogen (secondary N) is 1. The first kappa shape index (κ1) is 14.2. The molecule has 0 atom stereocenters. The van der Waals surface area contributed by atoms with Crippen LogP contribution in [0, 0.1) is 0 Å². The third kappa shape index (κ3) is 2.99. The molecule has 0 saturated carbocycles. The first-order valence-electron chi connectivity index (χ1n) is 8.05. The van der Waals surface area contributed by atoms with Gasteiger partial charge in [0.05, 0.1) is 0 Å². The number of carbonyl (C=O) groups is 1. The van der Waals surface area contributed by atoms with Crippen LogP contribution in [0.1, 0.15) is 37.3 Å². The van der Waals surface area contributed by atoms with Gasteiger partial charge in [0.2, 0.25) is 0 Å². The fraction of sp³-hybridized carbons (Fsp3) is 0.588. The van der Waals surface area contributed by atoms with E-state index >= 15 is 0 Å². The van der Waals surface area contributed by atoms with E-state index in [1.807, 2.05) is 4.90 Å². The van der Waals surface area contributed by atoms with Crippen molar-refractivity contribution in [2.75, 3.05) is 37.6 Å². The lowest BCUT2D eigenvalue weighted by Crippen LogP contribution is -2.39. The highest BCUT2D eigenvalue weighted by molar-refractivity contribution is 5.76. The summed E-state index contributed by atoms with van der Waals surface area (Å²) in [6, 6.07) is 6.98. The first-order valence-corrected chi connectivity index (χ1v) is 8.05. The molecule has 1 fully saturated rings. The van der Waals surface area contributed by atoms with Crippen LogP contribution in [0.2, 0.25) is 0 Å². The summed E-state index contributed by atoms with van der Waals surface area (Å²) >= 11 is 0. The molecule has 2 amide bonds. The van der Waals surface area contributed by atoms with Crippen LogP contribution >= 0.6 is 0 Å². The van der Waals surface area contributed by atoms with Crippen molar-refractivity contribution < 1.29 is 4.79 Å². The summed E-state index contributed by atoms with van der Waals surface area (Å²) in [4.78, 5) is 16.0. The Morgan fingerprint density at radius 1 is 1.19 bits per heavy atom. The fourth-order valence-electron chi connectivity index (χ4n) is 3.25. The predicted molar refractivity (Wildman–Crippen MR) is 86.0 cm³/mol. The molecular formula is C17H25N3O. The summed E-state index contributed by atoms with van der Waals surface area (Å²) in [7, 11) is 0. The zero-order chi connectivity index (χ0) is 14.8. The molecule has 114 valence electrons. The quantitative estimate of drug-likeness (QED) is 0.924. The van der Waals surface area contributed by atoms with Crippen LogP contribution in [0.15, 0.2) is 18.2 Å². The van der Waals surface area contributed by atoms with Crippen LogP contribution in [0.4, 0.5) is 10.5 Å². The second-order valence-corrected chi connectivity index (χ2v) is 6.35. The van der Waals surface area contributed by atoms with Gasteiger partial charge in [-0.3, -0.25) is 0 Å². The third-order valence-corrected chi connectivity index (χ3v) is 4.57. The molecule has 0 unspecified atom stereocenters. The van der Waals surface area contributed by atoms with E-state index in [1.165, 1.54) is 29.7 Å². The number of urea groups is 1. The summed E-state index contributed by atoms with van der Waals surface area (Å²) in [5.41, 5.74) is 4.26. The normalized spacial score (nSPS) is 18.1. The number of aryl methyl sites for hydroxylation is 1. The zero-order valence-electron chi connectivity index (χ0n) is 13.1. The van der Waals surface area contributed by atoms with Gasteiger partial charge in [-0.1, -0.05) is 26.0 Å². The van der Waals surface area contributed by atoms with E-state index in [0.29, 0.717) is 5.92 Å². The maximum Gasteiger partial charge on any atom is 0.317 e. The van der Waals surface area contributed by atoms with E-state index in [1.54, 1.807) is 0 Å². The fourth-order valence-corrected chi connectivity index (χ4v) is 3.25. The van der Waals surface area contributed by atoms with Gasteiger partial charge in [0.15, 0.2) is 0 Å². The second-order valence-electron chi connectivity index (χ2n) is 6.35. The molecule has 0 radical (unpaired) electrons. The zero-order valence-corrected chi connectivity index (χ0v) is 13.1. The van der Waals surface area contributed by atoms with E-state index in [-0.39, 0.29) is 6.03 Å². The predicted octanol–water partition coefficient (Wildman–Crippen LogP) is 2.59. The Hall–Kier alpha value is -1.71. The van der Waals surface area contributed by atoms with Crippen molar-refractivity contribution in [3.8, 4) is 0 Å². The van der Waals surface area contributed by atoms with Gasteiger partial charge in [-0.25, -0.2) is 4.79 Å². The number of carbonyl (C=O) groups excluding carboxylic acids is 1. The molecule has 0 spiro atoms. The van der Waals surface area contributed by atoms with E-state index < -0.39 is 0 Å². The molecule has 3 rings (SSSR count). The van der Waals surface area contributed by atoms with Gasteiger partial charge < -0.3 is 15.1 Å². The van der Waals surface area contributed by atoms with Gasteiger partial charge >= 0.3 is 6.03 Å². The number of amides is 2. The Balaban J connectivity index is 1.70. The third-order valence-electron chi connectivity index (χ3n) is 4.57. The van der Waals surface area contributed by atoms with Gasteiger partial charge in [0.25, 0.3) is 0 Å². The second kappa shape index (κ2) is 5.96. The number of nitrogens with zero attached hydrogens (tertiary/aromatic N) is 2. The molecule has 1 aromatic carbocycles. The number of rotatable bonds is 4. The minimum Gasteiger partial charge on any atom is -0.370 e. The van der Waals surface area contributed by atoms with Crippen LogP contribution in [0.25, 0.3) is 0 Å². The summed E-state index contributed by atoms with van der Waals surface area (Å²) < 4.78 is 0. The maximum atomic E-state index is 11.6. The number of benzene rings is 1. The molecule has 1 saturated heterocycles. The average Bonchev–Trinajstić information content (AvgIpc) is 2.89. The van der Waals surface area contributed by atoms with Crippen molar-refractivity contribution in [2.45, 2.75) is 32.6 Å². The Kier molecular flexibility index (Phi) is 4.04. The summed E-state index contributed by atoms with van der Waals surface area (Å²) in [5.74, 6) is 0.582. The highest BCUT2D eigenvalue weighted by atomic mass is 16.2. The Morgan fingerprint density at radius 3 is 2.71 bits per heavy atom. The molecule has 2 heterocycles. The topological polar surface area (TPSA) is 35.6 Å².